The van der Waals surface area contributed by atoms with Gasteiger partial charge in [0, 0.05) is 31.0 Å². The van der Waals surface area contributed by atoms with Gasteiger partial charge in [-0.3, -0.25) is 4.79 Å². The van der Waals surface area contributed by atoms with Crippen molar-refractivity contribution in [1.29, 1.82) is 0 Å². The van der Waals surface area contributed by atoms with Crippen molar-refractivity contribution >= 4 is 27.4 Å². The van der Waals surface area contributed by atoms with Crippen molar-refractivity contribution in [2.75, 3.05) is 20.2 Å². The number of methoxy groups -OCH3 is 1. The van der Waals surface area contributed by atoms with Crippen molar-refractivity contribution < 1.29 is 22.7 Å². The lowest BCUT2D eigenvalue weighted by atomic mass is 9.83. The molecule has 0 saturated carbocycles. The molecule has 2 aliphatic rings. The Labute approximate surface area is 175 Å². The molecule has 2 aromatic carbocycles. The molecule has 6 nitrogen and oxygen atoms in total. The summed E-state index contributed by atoms with van der Waals surface area (Å²) in [5, 5.41) is 0.490. The van der Waals surface area contributed by atoms with Gasteiger partial charge >= 0.3 is 0 Å². The van der Waals surface area contributed by atoms with Crippen molar-refractivity contribution in [2.45, 2.75) is 36.7 Å². The molecule has 0 unspecified atom stereocenters. The number of carbonyl (C=O) groups is 1. The molecule has 0 amide bonds. The molecule has 1 spiro atoms. The molecule has 1 saturated heterocycles. The molecule has 4 rings (SSSR count). The number of hydrogen-bond acceptors (Lipinski definition) is 5. The normalized spacial score (nSPS) is 18.9. The first-order chi connectivity index (χ1) is 13.7. The highest BCUT2D eigenvalue weighted by Gasteiger charge is 2.45. The Bertz CT molecular complexity index is 1070. The highest BCUT2D eigenvalue weighted by Crippen LogP contribution is 2.41. The number of nitrogens with zero attached hydrogens (tertiary/aromatic N) is 1. The van der Waals surface area contributed by atoms with Crippen LogP contribution in [0.2, 0.25) is 5.02 Å². The molecule has 2 heterocycles. The van der Waals surface area contributed by atoms with Gasteiger partial charge in [-0.25, -0.2) is 8.42 Å². The van der Waals surface area contributed by atoms with E-state index in [9.17, 15) is 13.2 Å². The summed E-state index contributed by atoms with van der Waals surface area (Å²) in [4.78, 5) is 12.8. The smallest absolute Gasteiger partial charge is 0.246 e. The van der Waals surface area contributed by atoms with Crippen LogP contribution in [-0.4, -0.2) is 44.3 Å². The van der Waals surface area contributed by atoms with E-state index in [0.717, 1.165) is 5.56 Å². The Morgan fingerprint density at radius 3 is 2.55 bits per heavy atom. The molecular weight excluding hydrogens is 414 g/mol. The lowest BCUT2D eigenvalue weighted by molar-refractivity contribution is 0.00590. The number of benzene rings is 2. The van der Waals surface area contributed by atoms with Crippen LogP contribution in [0.4, 0.5) is 0 Å². The van der Waals surface area contributed by atoms with Crippen molar-refractivity contribution in [3.05, 3.63) is 52.5 Å². The van der Waals surface area contributed by atoms with E-state index in [-0.39, 0.29) is 30.2 Å². The first-order valence-corrected chi connectivity index (χ1v) is 11.2. The number of sulfonamides is 1. The number of halogens is 1. The number of aryl methyl sites for hydroxylation is 1. The second-order valence-electron chi connectivity index (χ2n) is 7.58. The Hall–Kier alpha value is -2.09. The molecule has 1 fully saturated rings. The molecule has 8 heteroatoms. The quantitative estimate of drug-likeness (QED) is 0.732. The number of carbonyl (C=O) groups excluding carboxylic acids is 1. The van der Waals surface area contributed by atoms with Gasteiger partial charge in [-0.15, -0.1) is 0 Å². The summed E-state index contributed by atoms with van der Waals surface area (Å²) in [5.74, 6) is 0.818. The highest BCUT2D eigenvalue weighted by atomic mass is 35.5. The van der Waals surface area contributed by atoms with Gasteiger partial charge in [0.05, 0.1) is 19.1 Å². The summed E-state index contributed by atoms with van der Waals surface area (Å²) in [6, 6.07) is 10.1. The van der Waals surface area contributed by atoms with Gasteiger partial charge in [-0.2, -0.15) is 4.31 Å². The van der Waals surface area contributed by atoms with Crippen LogP contribution in [0, 0.1) is 6.92 Å². The fourth-order valence-corrected chi connectivity index (χ4v) is 5.86. The Morgan fingerprint density at radius 2 is 1.86 bits per heavy atom. The molecule has 2 aliphatic heterocycles. The van der Waals surface area contributed by atoms with E-state index in [1.54, 1.807) is 30.3 Å². The summed E-state index contributed by atoms with van der Waals surface area (Å²) < 4.78 is 39.3. The number of fused-ring (bicyclic) bond motifs is 1. The minimum absolute atomic E-state index is 0.0228. The van der Waals surface area contributed by atoms with E-state index in [0.29, 0.717) is 34.9 Å². The lowest BCUT2D eigenvalue weighted by Crippen LogP contribution is -2.52. The Morgan fingerprint density at radius 1 is 1.14 bits per heavy atom. The molecule has 0 atom stereocenters. The molecule has 0 N–H and O–H groups in total. The number of Topliss-reactive ketones (excluding diaryl/α,β-unsaturated/α-hetero) is 1. The van der Waals surface area contributed by atoms with Gasteiger partial charge in [0.2, 0.25) is 10.0 Å². The van der Waals surface area contributed by atoms with Crippen LogP contribution >= 0.6 is 11.6 Å². The Kier molecular flexibility index (Phi) is 5.09. The van der Waals surface area contributed by atoms with Crippen LogP contribution in [0.25, 0.3) is 0 Å². The minimum atomic E-state index is -3.71. The van der Waals surface area contributed by atoms with Crippen LogP contribution in [0.3, 0.4) is 0 Å². The van der Waals surface area contributed by atoms with Crippen molar-refractivity contribution in [3.63, 3.8) is 0 Å². The van der Waals surface area contributed by atoms with E-state index in [1.165, 1.54) is 11.4 Å². The van der Waals surface area contributed by atoms with Gasteiger partial charge in [0.15, 0.2) is 5.78 Å². The van der Waals surface area contributed by atoms with Crippen LogP contribution in [0.5, 0.6) is 11.5 Å². The maximum absolute atomic E-state index is 13.2. The molecule has 0 aromatic heterocycles. The average Bonchev–Trinajstić information content (AvgIpc) is 2.69. The zero-order valence-corrected chi connectivity index (χ0v) is 17.8. The van der Waals surface area contributed by atoms with E-state index >= 15 is 0 Å². The fourth-order valence-electron chi connectivity index (χ4n) is 4.00. The number of ketones is 1. The molecule has 29 heavy (non-hydrogen) atoms. The van der Waals surface area contributed by atoms with Gasteiger partial charge in [-0.1, -0.05) is 17.7 Å². The second-order valence-corrected chi connectivity index (χ2v) is 9.93. The van der Waals surface area contributed by atoms with E-state index in [2.05, 4.69) is 0 Å². The SMILES string of the molecule is COc1ccc(C)cc1S(=O)(=O)N1CCC2(CC1)CC(=O)c1cc(Cl)ccc1O2. The summed E-state index contributed by atoms with van der Waals surface area (Å²) in [6.07, 6.45) is 1.10. The number of hydrogen-bond donors (Lipinski definition) is 0. The zero-order valence-electron chi connectivity index (χ0n) is 16.3. The fraction of sp³-hybridized carbons (Fsp3) is 0.381. The predicted molar refractivity (Wildman–Crippen MR) is 109 cm³/mol. The van der Waals surface area contributed by atoms with Crippen LogP contribution in [-0.2, 0) is 10.0 Å². The number of rotatable bonds is 3. The molecule has 0 radical (unpaired) electrons. The molecule has 0 bridgehead atoms. The monoisotopic (exact) mass is 435 g/mol. The predicted octanol–water partition coefficient (Wildman–Crippen LogP) is 3.85. The average molecular weight is 436 g/mol. The van der Waals surface area contributed by atoms with Gasteiger partial charge in [0.1, 0.15) is 22.0 Å². The van der Waals surface area contributed by atoms with Gasteiger partial charge < -0.3 is 9.47 Å². The van der Waals surface area contributed by atoms with E-state index < -0.39 is 15.6 Å². The largest absolute Gasteiger partial charge is 0.495 e. The first-order valence-electron chi connectivity index (χ1n) is 9.41. The maximum Gasteiger partial charge on any atom is 0.246 e. The summed E-state index contributed by atoms with van der Waals surface area (Å²) in [6.45, 7) is 2.39. The summed E-state index contributed by atoms with van der Waals surface area (Å²) >= 11 is 5.99. The lowest BCUT2D eigenvalue weighted by Gasteiger charge is -2.43. The molecular formula is C21H22ClNO5S. The van der Waals surface area contributed by atoms with Crippen LogP contribution < -0.4 is 9.47 Å². The van der Waals surface area contributed by atoms with Crippen LogP contribution in [0.15, 0.2) is 41.3 Å². The maximum atomic E-state index is 13.2. The number of piperidine rings is 1. The second kappa shape index (κ2) is 7.31. The van der Waals surface area contributed by atoms with E-state index in [1.807, 2.05) is 13.0 Å². The standard InChI is InChI=1S/C21H22ClNO5S/c1-14-3-5-19(27-2)20(11-14)29(25,26)23-9-7-21(8-10-23)13-17(24)16-12-15(22)4-6-18(16)28-21/h3-6,11-12H,7-10,13H2,1-2H3. The third-order valence-corrected chi connectivity index (χ3v) is 7.78. The van der Waals surface area contributed by atoms with E-state index in [4.69, 9.17) is 21.1 Å². The molecule has 0 aliphatic carbocycles. The minimum Gasteiger partial charge on any atom is -0.495 e. The third-order valence-electron chi connectivity index (χ3n) is 5.62. The highest BCUT2D eigenvalue weighted by molar-refractivity contribution is 7.89. The Balaban J connectivity index is 1.56. The van der Waals surface area contributed by atoms with Gasteiger partial charge in [0.25, 0.3) is 0 Å². The third kappa shape index (κ3) is 3.63. The molecule has 154 valence electrons. The zero-order chi connectivity index (χ0) is 20.8. The van der Waals surface area contributed by atoms with Crippen molar-refractivity contribution in [2.24, 2.45) is 0 Å². The van der Waals surface area contributed by atoms with Gasteiger partial charge in [-0.05, 0) is 42.8 Å². The first kappa shape index (κ1) is 20.2. The van der Waals surface area contributed by atoms with Crippen molar-refractivity contribution in [3.8, 4) is 11.5 Å². The van der Waals surface area contributed by atoms with Crippen LogP contribution in [0.1, 0.15) is 35.2 Å². The van der Waals surface area contributed by atoms with Crippen molar-refractivity contribution in [1.82, 2.24) is 4.31 Å². The topological polar surface area (TPSA) is 72.9 Å². The molecule has 2 aromatic rings. The summed E-state index contributed by atoms with van der Waals surface area (Å²) in [5.41, 5.74) is 0.651. The summed E-state index contributed by atoms with van der Waals surface area (Å²) in [7, 11) is -2.25. The number of ether oxygens (including phenoxy) is 2.